The van der Waals surface area contributed by atoms with Crippen LogP contribution in [0.4, 0.5) is 0 Å². The monoisotopic (exact) mass is 215 g/mol. The third-order valence-electron chi connectivity index (χ3n) is 2.98. The third kappa shape index (κ3) is 4.22. The number of nitrogens with zero attached hydrogens (tertiary/aromatic N) is 1. The summed E-state index contributed by atoms with van der Waals surface area (Å²) < 4.78 is 0. The zero-order valence-corrected chi connectivity index (χ0v) is 11.0. The number of thiol groups is 1. The molecule has 1 aliphatic rings. The fraction of sp³-hybridized carbons (Fsp3) is 1.00. The molecule has 1 saturated carbocycles. The highest BCUT2D eigenvalue weighted by Gasteiger charge is 2.28. The zero-order valence-electron chi connectivity index (χ0n) is 10.1. The van der Waals surface area contributed by atoms with E-state index in [9.17, 15) is 0 Å². The molecule has 0 heterocycles. The Kier molecular flexibility index (Phi) is 4.32. The van der Waals surface area contributed by atoms with Gasteiger partial charge in [0.1, 0.15) is 0 Å². The van der Waals surface area contributed by atoms with Gasteiger partial charge in [-0.05, 0) is 43.8 Å². The van der Waals surface area contributed by atoms with Crippen LogP contribution in [0.3, 0.4) is 0 Å². The predicted octanol–water partition coefficient (Wildman–Crippen LogP) is 3.06. The Bertz CT molecular complexity index is 173. The molecule has 14 heavy (non-hydrogen) atoms. The van der Waals surface area contributed by atoms with Gasteiger partial charge in [-0.2, -0.15) is 12.6 Å². The molecule has 0 aromatic carbocycles. The van der Waals surface area contributed by atoms with Crippen molar-refractivity contribution < 1.29 is 0 Å². The number of rotatable bonds is 6. The Hall–Kier alpha value is 0.310. The van der Waals surface area contributed by atoms with Crippen LogP contribution in [0.15, 0.2) is 0 Å². The van der Waals surface area contributed by atoms with E-state index in [0.29, 0.717) is 11.5 Å². The van der Waals surface area contributed by atoms with Crippen LogP contribution in [-0.4, -0.2) is 29.8 Å². The molecule has 2 heteroatoms. The van der Waals surface area contributed by atoms with E-state index in [1.165, 1.54) is 25.9 Å². The molecule has 0 bridgehead atoms. The maximum Gasteiger partial charge on any atom is 0.00433 e. The van der Waals surface area contributed by atoms with Crippen molar-refractivity contribution in [3.05, 3.63) is 0 Å². The molecule has 0 spiro atoms. The average Bonchev–Trinajstić information content (AvgIpc) is 2.86. The second-order valence-electron chi connectivity index (χ2n) is 5.79. The quantitative estimate of drug-likeness (QED) is 0.667. The van der Waals surface area contributed by atoms with Crippen LogP contribution in [0.1, 0.15) is 40.5 Å². The molecule has 0 aromatic rings. The van der Waals surface area contributed by atoms with Crippen LogP contribution in [0.2, 0.25) is 0 Å². The van der Waals surface area contributed by atoms with E-state index in [4.69, 9.17) is 0 Å². The summed E-state index contributed by atoms with van der Waals surface area (Å²) in [7, 11) is 0. The maximum atomic E-state index is 4.42. The van der Waals surface area contributed by atoms with Crippen molar-refractivity contribution in [2.45, 2.75) is 46.6 Å². The summed E-state index contributed by atoms with van der Waals surface area (Å²) in [6.07, 6.45) is 2.90. The summed E-state index contributed by atoms with van der Waals surface area (Å²) in [5.74, 6) is 1.97. The molecule has 1 rings (SSSR count). The lowest BCUT2D eigenvalue weighted by molar-refractivity contribution is 0.151. The van der Waals surface area contributed by atoms with Gasteiger partial charge < -0.3 is 4.90 Å². The summed E-state index contributed by atoms with van der Waals surface area (Å²) in [6, 6.07) is 0.676. The largest absolute Gasteiger partial charge is 0.300 e. The Morgan fingerprint density at radius 2 is 1.93 bits per heavy atom. The van der Waals surface area contributed by atoms with E-state index in [1.807, 2.05) is 0 Å². The smallest absolute Gasteiger partial charge is 0.00433 e. The molecule has 1 nitrogen and oxygen atoms in total. The Balaban J connectivity index is 2.41. The summed E-state index contributed by atoms with van der Waals surface area (Å²) >= 11 is 4.42. The molecule has 0 atom stereocenters. The van der Waals surface area contributed by atoms with Crippen molar-refractivity contribution in [1.82, 2.24) is 4.90 Å². The lowest BCUT2D eigenvalue weighted by Crippen LogP contribution is -2.40. The van der Waals surface area contributed by atoms with Crippen LogP contribution in [0, 0.1) is 11.3 Å². The lowest BCUT2D eigenvalue weighted by Gasteiger charge is -2.34. The number of hydrogen-bond acceptors (Lipinski definition) is 2. The molecule has 0 unspecified atom stereocenters. The Morgan fingerprint density at radius 3 is 2.29 bits per heavy atom. The minimum absolute atomic E-state index is 0.349. The molecule has 0 N–H and O–H groups in total. The molecule has 1 fully saturated rings. The molecular weight excluding hydrogens is 190 g/mol. The number of hydrogen-bond donors (Lipinski definition) is 1. The molecule has 0 aliphatic heterocycles. The van der Waals surface area contributed by atoms with Gasteiger partial charge >= 0.3 is 0 Å². The highest BCUT2D eigenvalue weighted by atomic mass is 32.1. The summed E-state index contributed by atoms with van der Waals surface area (Å²) in [5.41, 5.74) is 0.349. The lowest BCUT2D eigenvalue weighted by atomic mass is 9.95. The molecule has 84 valence electrons. The second kappa shape index (κ2) is 4.89. The SMILES string of the molecule is CC(C)N(CC1CC1)CC(C)(C)CS. The Morgan fingerprint density at radius 1 is 1.36 bits per heavy atom. The van der Waals surface area contributed by atoms with Gasteiger partial charge in [0, 0.05) is 19.1 Å². The van der Waals surface area contributed by atoms with Gasteiger partial charge in [-0.3, -0.25) is 0 Å². The second-order valence-corrected chi connectivity index (χ2v) is 6.11. The van der Waals surface area contributed by atoms with Gasteiger partial charge in [-0.15, -0.1) is 0 Å². The molecule has 0 amide bonds. The first-order valence-corrected chi connectivity index (χ1v) is 6.43. The molecule has 0 saturated heterocycles. The Labute approximate surface area is 94.7 Å². The van der Waals surface area contributed by atoms with Crippen molar-refractivity contribution in [3.8, 4) is 0 Å². The van der Waals surface area contributed by atoms with Crippen LogP contribution in [0.25, 0.3) is 0 Å². The first-order chi connectivity index (χ1) is 6.44. The van der Waals surface area contributed by atoms with Crippen molar-refractivity contribution >= 4 is 12.6 Å². The predicted molar refractivity (Wildman–Crippen MR) is 67.1 cm³/mol. The normalized spacial score (nSPS) is 18.2. The zero-order chi connectivity index (χ0) is 10.8. The van der Waals surface area contributed by atoms with Crippen LogP contribution in [-0.2, 0) is 0 Å². The van der Waals surface area contributed by atoms with E-state index in [0.717, 1.165) is 11.7 Å². The molecular formula is C12H25NS. The highest BCUT2D eigenvalue weighted by molar-refractivity contribution is 7.80. The topological polar surface area (TPSA) is 3.24 Å². The fourth-order valence-corrected chi connectivity index (χ4v) is 1.79. The van der Waals surface area contributed by atoms with Crippen LogP contribution in [0.5, 0.6) is 0 Å². The molecule has 0 aromatic heterocycles. The van der Waals surface area contributed by atoms with Crippen molar-refractivity contribution in [1.29, 1.82) is 0 Å². The van der Waals surface area contributed by atoms with Crippen molar-refractivity contribution in [2.24, 2.45) is 11.3 Å². The van der Waals surface area contributed by atoms with E-state index in [2.05, 4.69) is 45.2 Å². The van der Waals surface area contributed by atoms with Gasteiger partial charge in [-0.25, -0.2) is 0 Å². The van der Waals surface area contributed by atoms with Crippen molar-refractivity contribution in [3.63, 3.8) is 0 Å². The minimum atomic E-state index is 0.349. The van der Waals surface area contributed by atoms with Gasteiger partial charge in [-0.1, -0.05) is 13.8 Å². The van der Waals surface area contributed by atoms with Crippen LogP contribution < -0.4 is 0 Å². The van der Waals surface area contributed by atoms with Crippen molar-refractivity contribution in [2.75, 3.05) is 18.8 Å². The van der Waals surface area contributed by atoms with Gasteiger partial charge in [0.15, 0.2) is 0 Å². The first-order valence-electron chi connectivity index (χ1n) is 5.79. The highest BCUT2D eigenvalue weighted by Crippen LogP contribution is 2.31. The fourth-order valence-electron chi connectivity index (χ4n) is 1.69. The molecule has 1 aliphatic carbocycles. The summed E-state index contributed by atoms with van der Waals surface area (Å²) in [5, 5.41) is 0. The minimum Gasteiger partial charge on any atom is -0.300 e. The molecule has 0 radical (unpaired) electrons. The van der Waals surface area contributed by atoms with E-state index in [1.54, 1.807) is 0 Å². The van der Waals surface area contributed by atoms with E-state index < -0.39 is 0 Å². The summed E-state index contributed by atoms with van der Waals surface area (Å²) in [6.45, 7) is 11.7. The summed E-state index contributed by atoms with van der Waals surface area (Å²) in [4.78, 5) is 2.62. The van der Waals surface area contributed by atoms with Gasteiger partial charge in [0.25, 0.3) is 0 Å². The van der Waals surface area contributed by atoms with Crippen LogP contribution >= 0.6 is 12.6 Å². The first kappa shape index (κ1) is 12.4. The average molecular weight is 215 g/mol. The van der Waals surface area contributed by atoms with Gasteiger partial charge in [0.2, 0.25) is 0 Å². The van der Waals surface area contributed by atoms with E-state index >= 15 is 0 Å². The standard InChI is InChI=1S/C12H25NS/c1-10(2)13(7-11-5-6-11)8-12(3,4)9-14/h10-11,14H,5-9H2,1-4H3. The van der Waals surface area contributed by atoms with Gasteiger partial charge in [0.05, 0.1) is 0 Å². The third-order valence-corrected chi connectivity index (χ3v) is 3.84. The van der Waals surface area contributed by atoms with E-state index in [-0.39, 0.29) is 0 Å². The maximum absolute atomic E-state index is 4.42.